The molecular formula is C84H114N8O4. The summed E-state index contributed by atoms with van der Waals surface area (Å²) in [5, 5.41) is 23.8. The summed E-state index contributed by atoms with van der Waals surface area (Å²) in [7, 11) is 0. The largest absolute Gasteiger partial charge is 0.397 e. The number of pyridine rings is 2. The zero-order chi connectivity index (χ0) is 66.8. The van der Waals surface area contributed by atoms with Crippen LogP contribution in [0.2, 0.25) is 0 Å². The van der Waals surface area contributed by atoms with Gasteiger partial charge in [0.15, 0.2) is 0 Å². The standard InChI is InChI=1S/C84H114N8O4/c1-5-9-13-17-21-25-29-33-37-41-53-88(54-42-38-34-30-26-22-18-14-10-6-2)72-58-70-73(57-69(72)85)90-81(86-70)65-49-45-61-64-48-52-68-80-66(50-46-62(78(64)80)63-47-51-67(83(90)93)79(65)77(61)63)82-87-71-59-75(76(92(95)96)60-74(71)91(82)84(68)94)89(55-43-39-35-31-27-23-19-15-11-7-3)56-44-40-36-32-28-24-20-16-12-8-4/h45-52,57-60H,5-44,53-56,85H2,1-4H3. The van der Waals surface area contributed by atoms with Gasteiger partial charge in [-0.1, -0.05) is 283 Å². The number of nitrogens with zero attached hydrogens (tertiary/aromatic N) is 7. The summed E-state index contributed by atoms with van der Waals surface area (Å²) in [6, 6.07) is 24.2. The van der Waals surface area contributed by atoms with Gasteiger partial charge in [-0.25, -0.2) is 9.97 Å². The second-order valence-electron chi connectivity index (χ2n) is 29.0. The van der Waals surface area contributed by atoms with E-state index in [1.165, 1.54) is 218 Å². The molecule has 0 unspecified atom stereocenters. The van der Waals surface area contributed by atoms with Crippen LogP contribution in [-0.2, 0) is 0 Å². The summed E-state index contributed by atoms with van der Waals surface area (Å²) in [6.07, 6.45) is 50.4. The number of unbranched alkanes of at least 4 members (excludes halogenated alkanes) is 36. The maximum Gasteiger partial charge on any atom is 0.294 e. The molecule has 0 amide bonds. The van der Waals surface area contributed by atoms with Crippen molar-refractivity contribution in [1.82, 2.24) is 18.8 Å². The summed E-state index contributed by atoms with van der Waals surface area (Å²) < 4.78 is 3.40. The minimum absolute atomic E-state index is 0.0176. The number of anilines is 3. The number of hydrogen-bond donors (Lipinski definition) is 1. The van der Waals surface area contributed by atoms with E-state index >= 15 is 9.59 Å². The Bertz CT molecular complexity index is 4350. The molecule has 0 radical (unpaired) electrons. The first kappa shape index (κ1) is 70.2. The Morgan fingerprint density at radius 1 is 0.354 bits per heavy atom. The molecule has 7 aromatic carbocycles. The van der Waals surface area contributed by atoms with Crippen LogP contribution in [0.1, 0.15) is 285 Å². The van der Waals surface area contributed by atoms with Gasteiger partial charge in [-0.05, 0) is 100 Å². The average Bonchev–Trinajstić information content (AvgIpc) is 1.13. The van der Waals surface area contributed by atoms with E-state index in [1.54, 1.807) is 14.9 Å². The minimum atomic E-state index is -0.261. The molecule has 4 aromatic heterocycles. The quantitative estimate of drug-likeness (QED) is 0.00984. The first-order valence-corrected chi connectivity index (χ1v) is 39.0. The van der Waals surface area contributed by atoms with Crippen molar-refractivity contribution in [2.75, 3.05) is 41.7 Å². The van der Waals surface area contributed by atoms with Crippen LogP contribution in [0, 0.1) is 10.1 Å². The van der Waals surface area contributed by atoms with Crippen LogP contribution in [0.5, 0.6) is 0 Å². The van der Waals surface area contributed by atoms with Crippen LogP contribution in [0.25, 0.3) is 98.0 Å². The molecule has 11 rings (SSSR count). The lowest BCUT2D eigenvalue weighted by Crippen LogP contribution is -2.26. The Labute approximate surface area is 571 Å². The molecule has 0 aliphatic heterocycles. The van der Waals surface area contributed by atoms with E-state index in [0.29, 0.717) is 44.5 Å². The van der Waals surface area contributed by atoms with E-state index in [4.69, 9.17) is 15.7 Å². The number of aromatic nitrogens is 4. The third-order valence-corrected chi connectivity index (χ3v) is 21.8. The van der Waals surface area contributed by atoms with E-state index in [9.17, 15) is 10.1 Å². The zero-order valence-corrected chi connectivity index (χ0v) is 59.4. The molecule has 96 heavy (non-hydrogen) atoms. The molecule has 514 valence electrons. The summed E-state index contributed by atoms with van der Waals surface area (Å²) in [5.41, 5.74) is 12.7. The van der Waals surface area contributed by atoms with Gasteiger partial charge in [0, 0.05) is 64.6 Å². The van der Waals surface area contributed by atoms with E-state index in [0.717, 1.165) is 135 Å². The van der Waals surface area contributed by atoms with Crippen LogP contribution in [0.4, 0.5) is 22.7 Å². The fourth-order valence-electron chi connectivity index (χ4n) is 16.4. The fraction of sp³-hybridized carbons (Fsp3) is 0.571. The molecule has 12 nitrogen and oxygen atoms in total. The summed E-state index contributed by atoms with van der Waals surface area (Å²) in [6.45, 7) is 12.5. The van der Waals surface area contributed by atoms with Crippen molar-refractivity contribution >= 4 is 121 Å². The number of nitrogen functional groups attached to an aromatic ring is 1. The van der Waals surface area contributed by atoms with E-state index in [1.807, 2.05) is 24.3 Å². The Morgan fingerprint density at radius 2 is 0.615 bits per heavy atom. The molecule has 0 saturated heterocycles. The summed E-state index contributed by atoms with van der Waals surface area (Å²) >= 11 is 0. The summed E-state index contributed by atoms with van der Waals surface area (Å²) in [4.78, 5) is 58.9. The van der Waals surface area contributed by atoms with Gasteiger partial charge >= 0.3 is 0 Å². The van der Waals surface area contributed by atoms with E-state index in [-0.39, 0.29) is 21.7 Å². The monoisotopic (exact) mass is 1300 g/mol. The molecule has 0 spiro atoms. The third-order valence-electron chi connectivity index (χ3n) is 21.8. The number of imidazole rings is 2. The number of fused-ring (bicyclic) bond motifs is 10. The maximum atomic E-state index is 15.2. The zero-order valence-electron chi connectivity index (χ0n) is 59.4. The van der Waals surface area contributed by atoms with Gasteiger partial charge in [0.05, 0.1) is 38.4 Å². The van der Waals surface area contributed by atoms with Gasteiger partial charge in [-0.3, -0.25) is 28.5 Å². The maximum absolute atomic E-state index is 15.2. The average molecular weight is 1300 g/mol. The van der Waals surface area contributed by atoms with E-state index in [2.05, 4.69) is 80.0 Å². The van der Waals surface area contributed by atoms with Gasteiger partial charge in [0.25, 0.3) is 16.8 Å². The van der Waals surface area contributed by atoms with Crippen LogP contribution in [0.3, 0.4) is 0 Å². The van der Waals surface area contributed by atoms with Crippen molar-refractivity contribution in [3.63, 3.8) is 0 Å². The van der Waals surface area contributed by atoms with Crippen LogP contribution in [0.15, 0.2) is 82.4 Å². The Hall–Kier alpha value is -7.08. The lowest BCUT2D eigenvalue weighted by molar-refractivity contribution is -0.384. The second kappa shape index (κ2) is 34.9. The van der Waals surface area contributed by atoms with Crippen molar-refractivity contribution in [2.24, 2.45) is 0 Å². The van der Waals surface area contributed by atoms with E-state index < -0.39 is 0 Å². The second-order valence-corrected chi connectivity index (χ2v) is 29.0. The molecule has 11 aromatic rings. The first-order chi connectivity index (χ1) is 47.2. The van der Waals surface area contributed by atoms with Gasteiger partial charge in [0.1, 0.15) is 17.0 Å². The van der Waals surface area contributed by atoms with Crippen molar-refractivity contribution in [3.8, 4) is 0 Å². The lowest BCUT2D eigenvalue weighted by atomic mass is 9.86. The molecule has 4 heterocycles. The van der Waals surface area contributed by atoms with Gasteiger partial charge in [-0.15, -0.1) is 0 Å². The predicted octanol–water partition coefficient (Wildman–Crippen LogP) is 24.0. The topological polar surface area (TPSA) is 144 Å². The highest BCUT2D eigenvalue weighted by atomic mass is 16.6. The molecule has 0 bridgehead atoms. The lowest BCUT2D eigenvalue weighted by Gasteiger charge is -2.26. The Kier molecular flexibility index (Phi) is 25.6. The van der Waals surface area contributed by atoms with Crippen LogP contribution >= 0.6 is 0 Å². The highest BCUT2D eigenvalue weighted by Gasteiger charge is 2.28. The number of benzene rings is 7. The fourth-order valence-corrected chi connectivity index (χ4v) is 16.4. The first-order valence-electron chi connectivity index (χ1n) is 39.0. The highest BCUT2D eigenvalue weighted by Crippen LogP contribution is 2.47. The summed E-state index contributed by atoms with van der Waals surface area (Å²) in [5.74, 6) is 0. The molecule has 0 fully saturated rings. The Balaban J connectivity index is 0.904. The molecule has 0 aliphatic carbocycles. The Morgan fingerprint density at radius 3 is 0.938 bits per heavy atom. The third kappa shape index (κ3) is 15.9. The number of rotatable bonds is 47. The van der Waals surface area contributed by atoms with Crippen molar-refractivity contribution in [2.45, 2.75) is 285 Å². The number of hydrogen-bond acceptors (Lipinski definition) is 9. The molecular weight excluding hydrogens is 1180 g/mol. The number of nitrogens with two attached hydrogens (primary N) is 1. The SMILES string of the molecule is CCCCCCCCCCCCN(CCCCCCCCCCCC)c1cc2nc3c4ccc5c6ccc7c(=O)n8c9cc([N+](=O)[O-])c(N(CCCCCCCCCCCC)CCCCCCCCCCCC)cc9nc8c8ccc(c9ccc(c(=O)n3c2cc1N)c4c59)c6c78. The highest BCUT2D eigenvalue weighted by molar-refractivity contribution is 6.40. The minimum Gasteiger partial charge on any atom is -0.397 e. The van der Waals surface area contributed by atoms with Crippen molar-refractivity contribution in [3.05, 3.63) is 104 Å². The molecule has 0 atom stereocenters. The molecule has 12 heteroatoms. The number of nitro benzene ring substituents is 1. The smallest absolute Gasteiger partial charge is 0.294 e. The van der Waals surface area contributed by atoms with Gasteiger partial charge < -0.3 is 15.5 Å². The van der Waals surface area contributed by atoms with Crippen molar-refractivity contribution < 1.29 is 4.92 Å². The van der Waals surface area contributed by atoms with Gasteiger partial charge in [-0.2, -0.15) is 0 Å². The number of nitro groups is 1. The predicted molar refractivity (Wildman–Crippen MR) is 413 cm³/mol. The molecule has 0 aliphatic rings. The van der Waals surface area contributed by atoms with Crippen molar-refractivity contribution in [1.29, 1.82) is 0 Å². The van der Waals surface area contributed by atoms with Gasteiger partial charge in [0.2, 0.25) is 0 Å². The van der Waals surface area contributed by atoms with Crippen LogP contribution < -0.4 is 26.7 Å². The van der Waals surface area contributed by atoms with Crippen LogP contribution in [-0.4, -0.2) is 49.9 Å². The molecule has 2 N–H and O–H groups in total. The normalized spacial score (nSPS) is 12.3. The molecule has 0 saturated carbocycles.